The first kappa shape index (κ1) is 14.5. The van der Waals surface area contributed by atoms with E-state index < -0.39 is 0 Å². The van der Waals surface area contributed by atoms with Crippen molar-refractivity contribution in [2.75, 3.05) is 6.61 Å². The highest BCUT2D eigenvalue weighted by Gasteiger charge is 2.23. The normalized spacial score (nSPS) is 17.3. The number of alkyl halides is 1. The zero-order chi connectivity index (χ0) is 13.1. The molecule has 0 saturated heterocycles. The van der Waals surface area contributed by atoms with Gasteiger partial charge in [0.15, 0.2) is 0 Å². The summed E-state index contributed by atoms with van der Waals surface area (Å²) in [5.41, 5.74) is 1.07. The third-order valence-corrected chi connectivity index (χ3v) is 4.94. The van der Waals surface area contributed by atoms with Gasteiger partial charge in [-0.25, -0.2) is 0 Å². The molecule has 0 aromatic heterocycles. The molecule has 0 radical (unpaired) electrons. The van der Waals surface area contributed by atoms with Crippen LogP contribution in [0.3, 0.4) is 0 Å². The lowest BCUT2D eigenvalue weighted by Gasteiger charge is -2.28. The minimum Gasteiger partial charge on any atom is -0.492 e. The van der Waals surface area contributed by atoms with E-state index in [9.17, 15) is 0 Å². The van der Waals surface area contributed by atoms with Crippen molar-refractivity contribution in [3.05, 3.63) is 27.7 Å². The zero-order valence-electron chi connectivity index (χ0n) is 10.4. The van der Waals surface area contributed by atoms with Gasteiger partial charge >= 0.3 is 0 Å². The van der Waals surface area contributed by atoms with E-state index in [1.807, 2.05) is 19.1 Å². The number of halogens is 3. The van der Waals surface area contributed by atoms with Crippen LogP contribution in [0, 0.1) is 5.92 Å². The van der Waals surface area contributed by atoms with Crippen LogP contribution in [0.1, 0.15) is 43.0 Å². The largest absolute Gasteiger partial charge is 0.492 e. The van der Waals surface area contributed by atoms with Crippen molar-refractivity contribution in [2.45, 2.75) is 37.4 Å². The molecule has 1 aliphatic carbocycles. The van der Waals surface area contributed by atoms with Gasteiger partial charge < -0.3 is 4.74 Å². The Morgan fingerprint density at radius 3 is 2.61 bits per heavy atom. The second-order valence-electron chi connectivity index (χ2n) is 4.74. The third kappa shape index (κ3) is 3.34. The molecular formula is C14H17BrCl2O. The molecule has 0 N–H and O–H groups in total. The fourth-order valence-electron chi connectivity index (χ4n) is 2.20. The number of hydrogen-bond acceptors (Lipinski definition) is 1. The van der Waals surface area contributed by atoms with Crippen LogP contribution in [-0.2, 0) is 0 Å². The van der Waals surface area contributed by atoms with Crippen molar-refractivity contribution in [1.82, 2.24) is 0 Å². The molecule has 1 saturated carbocycles. The van der Waals surface area contributed by atoms with E-state index in [2.05, 4.69) is 15.9 Å². The van der Waals surface area contributed by atoms with E-state index in [4.69, 9.17) is 27.9 Å². The number of ether oxygens (including phenoxy) is 1. The summed E-state index contributed by atoms with van der Waals surface area (Å²) < 4.78 is 5.43. The number of rotatable bonds is 5. The Morgan fingerprint density at radius 2 is 2.06 bits per heavy atom. The summed E-state index contributed by atoms with van der Waals surface area (Å²) in [5, 5.41) is 1.36. The molecule has 18 heavy (non-hydrogen) atoms. The van der Waals surface area contributed by atoms with Crippen molar-refractivity contribution in [2.24, 2.45) is 5.92 Å². The van der Waals surface area contributed by atoms with Gasteiger partial charge in [-0.15, -0.1) is 0 Å². The van der Waals surface area contributed by atoms with Crippen molar-refractivity contribution in [1.29, 1.82) is 0 Å². The molecule has 0 spiro atoms. The smallest absolute Gasteiger partial charge is 0.139 e. The average molecular weight is 352 g/mol. The molecule has 1 nitrogen and oxygen atoms in total. The lowest BCUT2D eigenvalue weighted by molar-refractivity contribution is 0.295. The Balaban J connectivity index is 2.13. The maximum Gasteiger partial charge on any atom is 0.139 e. The Hall–Kier alpha value is 0.0800. The van der Waals surface area contributed by atoms with E-state index in [1.165, 1.54) is 19.3 Å². The standard InChI is InChI=1S/C14H17BrCl2O/c1-2-18-14-8-12(16)10(7-13(14)17)11(15)6-9-4-3-5-9/h7-9,11H,2-6H2,1H3. The van der Waals surface area contributed by atoms with Crippen LogP contribution in [-0.4, -0.2) is 6.61 Å². The van der Waals surface area contributed by atoms with E-state index in [-0.39, 0.29) is 4.83 Å². The quantitative estimate of drug-likeness (QED) is 0.589. The molecule has 2 rings (SSSR count). The average Bonchev–Trinajstić information content (AvgIpc) is 2.28. The molecule has 100 valence electrons. The van der Waals surface area contributed by atoms with Crippen LogP contribution in [0.5, 0.6) is 5.75 Å². The second kappa shape index (κ2) is 6.49. The molecule has 4 heteroatoms. The van der Waals surface area contributed by atoms with Crippen LogP contribution in [0.2, 0.25) is 10.0 Å². The van der Waals surface area contributed by atoms with Gasteiger partial charge in [-0.2, -0.15) is 0 Å². The summed E-state index contributed by atoms with van der Waals surface area (Å²) in [7, 11) is 0. The summed E-state index contributed by atoms with van der Waals surface area (Å²) >= 11 is 16.2. The molecule has 1 aliphatic rings. The molecule has 1 fully saturated rings. The maximum atomic E-state index is 6.31. The molecule has 1 atom stereocenters. The van der Waals surface area contributed by atoms with Crippen LogP contribution >= 0.6 is 39.1 Å². The van der Waals surface area contributed by atoms with Gasteiger partial charge in [0.1, 0.15) is 5.75 Å². The second-order valence-corrected chi connectivity index (χ2v) is 6.66. The lowest BCUT2D eigenvalue weighted by Crippen LogP contribution is -2.13. The predicted molar refractivity (Wildman–Crippen MR) is 81.3 cm³/mol. The Labute approximate surface area is 127 Å². The van der Waals surface area contributed by atoms with Crippen molar-refractivity contribution < 1.29 is 4.74 Å². The first-order chi connectivity index (χ1) is 8.61. The van der Waals surface area contributed by atoms with Gasteiger partial charge in [0.2, 0.25) is 0 Å². The summed E-state index contributed by atoms with van der Waals surface area (Å²) in [6, 6.07) is 3.74. The van der Waals surface area contributed by atoms with Crippen molar-refractivity contribution in [3.63, 3.8) is 0 Å². The predicted octanol–water partition coefficient (Wildman–Crippen LogP) is 6.02. The highest BCUT2D eigenvalue weighted by atomic mass is 79.9. The third-order valence-electron chi connectivity index (χ3n) is 3.45. The summed E-state index contributed by atoms with van der Waals surface area (Å²) in [4.78, 5) is 0.281. The molecule has 1 aromatic rings. The monoisotopic (exact) mass is 350 g/mol. The van der Waals surface area contributed by atoms with Gasteiger partial charge in [0, 0.05) is 15.9 Å². The van der Waals surface area contributed by atoms with Crippen molar-refractivity contribution in [3.8, 4) is 5.75 Å². The SMILES string of the molecule is CCOc1cc(Cl)c(C(Br)CC2CCC2)cc1Cl. The van der Waals surface area contributed by atoms with Gasteiger partial charge in [0.25, 0.3) is 0 Å². The Bertz CT molecular complexity index is 419. The molecule has 1 aromatic carbocycles. The summed E-state index contributed by atoms with van der Waals surface area (Å²) in [5.74, 6) is 1.49. The van der Waals surface area contributed by atoms with Crippen LogP contribution in [0.15, 0.2) is 12.1 Å². The van der Waals surface area contributed by atoms with E-state index >= 15 is 0 Å². The fraction of sp³-hybridized carbons (Fsp3) is 0.571. The minimum absolute atomic E-state index is 0.281. The van der Waals surface area contributed by atoms with Gasteiger partial charge in [-0.1, -0.05) is 58.4 Å². The molecule has 0 bridgehead atoms. The Morgan fingerprint density at radius 1 is 1.33 bits per heavy atom. The summed E-state index contributed by atoms with van der Waals surface area (Å²) in [6.07, 6.45) is 5.17. The van der Waals surface area contributed by atoms with Gasteiger partial charge in [-0.05, 0) is 30.9 Å². The first-order valence-electron chi connectivity index (χ1n) is 6.37. The molecular weight excluding hydrogens is 335 g/mol. The van der Waals surface area contributed by atoms with Gasteiger partial charge in [0.05, 0.1) is 11.6 Å². The highest BCUT2D eigenvalue weighted by Crippen LogP contribution is 2.43. The molecule has 0 heterocycles. The van der Waals surface area contributed by atoms with Gasteiger partial charge in [-0.3, -0.25) is 0 Å². The van der Waals surface area contributed by atoms with Crippen LogP contribution in [0.25, 0.3) is 0 Å². The fourth-order valence-corrected chi connectivity index (χ4v) is 3.75. The molecule has 0 amide bonds. The number of benzene rings is 1. The highest BCUT2D eigenvalue weighted by molar-refractivity contribution is 9.09. The first-order valence-corrected chi connectivity index (χ1v) is 8.04. The molecule has 0 aliphatic heterocycles. The van der Waals surface area contributed by atoms with Crippen LogP contribution < -0.4 is 4.74 Å². The summed E-state index contributed by atoms with van der Waals surface area (Å²) in [6.45, 7) is 2.53. The van der Waals surface area contributed by atoms with E-state index in [0.717, 1.165) is 22.9 Å². The Kier molecular flexibility index (Phi) is 5.23. The van der Waals surface area contributed by atoms with Crippen LogP contribution in [0.4, 0.5) is 0 Å². The van der Waals surface area contributed by atoms with E-state index in [0.29, 0.717) is 17.4 Å². The zero-order valence-corrected chi connectivity index (χ0v) is 13.5. The van der Waals surface area contributed by atoms with Crippen molar-refractivity contribution >= 4 is 39.1 Å². The minimum atomic E-state index is 0.281. The topological polar surface area (TPSA) is 9.23 Å². The van der Waals surface area contributed by atoms with E-state index in [1.54, 1.807) is 0 Å². The molecule has 1 unspecified atom stereocenters. The maximum absolute atomic E-state index is 6.31. The lowest BCUT2D eigenvalue weighted by atomic mass is 9.81. The number of hydrogen-bond donors (Lipinski definition) is 0.